The minimum Gasteiger partial charge on any atom is -0.496 e. The molecule has 0 aliphatic carbocycles. The van der Waals surface area contributed by atoms with Gasteiger partial charge in [0, 0.05) is 10.7 Å². The van der Waals surface area contributed by atoms with Crippen LogP contribution in [0.25, 0.3) is 0 Å². The minimum absolute atomic E-state index is 0.155. The van der Waals surface area contributed by atoms with Crippen molar-refractivity contribution in [1.29, 1.82) is 0 Å². The summed E-state index contributed by atoms with van der Waals surface area (Å²) < 4.78 is 28.0. The van der Waals surface area contributed by atoms with Crippen molar-refractivity contribution in [2.75, 3.05) is 7.11 Å². The van der Waals surface area contributed by atoms with E-state index in [4.69, 9.17) is 15.4 Å². The van der Waals surface area contributed by atoms with E-state index in [2.05, 4.69) is 27.7 Å². The fourth-order valence-electron chi connectivity index (χ4n) is 2.11. The third-order valence-corrected chi connectivity index (χ3v) is 4.00. The summed E-state index contributed by atoms with van der Waals surface area (Å²) in [6, 6.07) is 3.74. The summed E-state index contributed by atoms with van der Waals surface area (Å²) in [7, 11) is 3.44. The second-order valence-electron chi connectivity index (χ2n) is 5.30. The van der Waals surface area contributed by atoms with Crippen molar-refractivity contribution in [3.63, 3.8) is 0 Å². The molecule has 0 spiro atoms. The van der Waals surface area contributed by atoms with Crippen LogP contribution in [0, 0.1) is 0 Å². The van der Waals surface area contributed by atoms with Crippen LogP contribution in [-0.4, -0.2) is 15.5 Å². The Morgan fingerprint density at radius 2 is 1.53 bits per heavy atom. The maximum atomic E-state index is 11.3. The molecule has 0 amide bonds. The van der Waals surface area contributed by atoms with E-state index in [1.54, 1.807) is 7.11 Å². The highest BCUT2D eigenvalue weighted by atomic mass is 35.7. The molecule has 3 nitrogen and oxygen atoms in total. The minimum atomic E-state index is -3.55. The van der Waals surface area contributed by atoms with E-state index in [0.717, 1.165) is 16.9 Å². The Morgan fingerprint density at radius 1 is 1.11 bits per heavy atom. The van der Waals surface area contributed by atoms with Gasteiger partial charge < -0.3 is 4.74 Å². The first-order chi connectivity index (χ1) is 8.65. The van der Waals surface area contributed by atoms with E-state index in [-0.39, 0.29) is 17.6 Å². The maximum Gasteiger partial charge on any atom is 0.236 e. The van der Waals surface area contributed by atoms with E-state index in [1.165, 1.54) is 0 Å². The van der Waals surface area contributed by atoms with Gasteiger partial charge in [-0.2, -0.15) is 0 Å². The van der Waals surface area contributed by atoms with Crippen LogP contribution in [0.1, 0.15) is 56.2 Å². The van der Waals surface area contributed by atoms with Crippen molar-refractivity contribution in [1.82, 2.24) is 0 Å². The number of methoxy groups -OCH3 is 1. The van der Waals surface area contributed by atoms with E-state index in [0.29, 0.717) is 5.56 Å². The van der Waals surface area contributed by atoms with Gasteiger partial charge in [-0.25, -0.2) is 8.42 Å². The summed E-state index contributed by atoms with van der Waals surface area (Å²) in [4.78, 5) is 0. The average molecular weight is 305 g/mol. The molecule has 0 atom stereocenters. The Kier molecular flexibility index (Phi) is 5.27. The van der Waals surface area contributed by atoms with Crippen LogP contribution >= 0.6 is 10.7 Å². The van der Waals surface area contributed by atoms with E-state index in [1.807, 2.05) is 12.1 Å². The van der Waals surface area contributed by atoms with Crippen LogP contribution in [0.5, 0.6) is 5.75 Å². The number of hydrogen-bond donors (Lipinski definition) is 0. The van der Waals surface area contributed by atoms with E-state index < -0.39 is 9.05 Å². The Morgan fingerprint density at radius 3 is 1.79 bits per heavy atom. The molecule has 0 aliphatic heterocycles. The topological polar surface area (TPSA) is 43.4 Å². The largest absolute Gasteiger partial charge is 0.496 e. The first-order valence-electron chi connectivity index (χ1n) is 6.28. The number of halogens is 1. The lowest BCUT2D eigenvalue weighted by atomic mass is 9.92. The summed E-state index contributed by atoms with van der Waals surface area (Å²) in [5, 5.41) is 0. The summed E-state index contributed by atoms with van der Waals surface area (Å²) >= 11 is 0. The van der Waals surface area contributed by atoms with Gasteiger partial charge in [-0.05, 0) is 28.5 Å². The van der Waals surface area contributed by atoms with Crippen molar-refractivity contribution in [2.24, 2.45) is 0 Å². The summed E-state index contributed by atoms with van der Waals surface area (Å²) in [6.45, 7) is 8.23. The Balaban J connectivity index is 3.45. The normalized spacial score (nSPS) is 12.2. The fourth-order valence-corrected chi connectivity index (χ4v) is 3.06. The predicted molar refractivity (Wildman–Crippen MR) is 79.6 cm³/mol. The zero-order chi connectivity index (χ0) is 14.8. The highest BCUT2D eigenvalue weighted by molar-refractivity contribution is 8.13. The molecular formula is C14H21ClO3S. The Bertz CT molecular complexity index is 519. The van der Waals surface area contributed by atoms with Gasteiger partial charge in [0.25, 0.3) is 0 Å². The summed E-state index contributed by atoms with van der Waals surface area (Å²) in [5.74, 6) is 1.20. The Hall–Kier alpha value is -0.740. The number of benzene rings is 1. The average Bonchev–Trinajstić information content (AvgIpc) is 2.25. The molecule has 1 rings (SSSR count). The van der Waals surface area contributed by atoms with Crippen molar-refractivity contribution >= 4 is 19.7 Å². The van der Waals surface area contributed by atoms with E-state index >= 15 is 0 Å². The summed E-state index contributed by atoms with van der Waals surface area (Å²) in [5.41, 5.74) is 2.75. The third kappa shape index (κ3) is 4.39. The molecule has 0 radical (unpaired) electrons. The molecule has 19 heavy (non-hydrogen) atoms. The molecule has 108 valence electrons. The quantitative estimate of drug-likeness (QED) is 0.772. The van der Waals surface area contributed by atoms with Gasteiger partial charge in [0.05, 0.1) is 12.9 Å². The zero-order valence-electron chi connectivity index (χ0n) is 12.0. The van der Waals surface area contributed by atoms with Crippen LogP contribution in [0.3, 0.4) is 0 Å². The molecule has 0 N–H and O–H groups in total. The van der Waals surface area contributed by atoms with Gasteiger partial charge in [0.15, 0.2) is 0 Å². The second kappa shape index (κ2) is 6.14. The number of ether oxygens (including phenoxy) is 1. The van der Waals surface area contributed by atoms with Crippen LogP contribution in [0.15, 0.2) is 12.1 Å². The molecule has 0 unspecified atom stereocenters. The monoisotopic (exact) mass is 304 g/mol. The molecule has 0 fully saturated rings. The lowest BCUT2D eigenvalue weighted by molar-refractivity contribution is 0.400. The molecule has 0 aromatic heterocycles. The van der Waals surface area contributed by atoms with Crippen LogP contribution < -0.4 is 4.74 Å². The van der Waals surface area contributed by atoms with Gasteiger partial charge in [-0.3, -0.25) is 0 Å². The third-order valence-electron chi connectivity index (χ3n) is 2.99. The highest BCUT2D eigenvalue weighted by Gasteiger charge is 2.18. The molecular weight excluding hydrogens is 284 g/mol. The van der Waals surface area contributed by atoms with Crippen molar-refractivity contribution in [3.8, 4) is 5.75 Å². The molecule has 1 aromatic carbocycles. The second-order valence-corrected chi connectivity index (χ2v) is 8.08. The highest BCUT2D eigenvalue weighted by Crippen LogP contribution is 2.36. The predicted octanol–water partition coefficient (Wildman–Crippen LogP) is 4.01. The van der Waals surface area contributed by atoms with Gasteiger partial charge in [0.2, 0.25) is 9.05 Å². The number of rotatable bonds is 5. The first-order valence-corrected chi connectivity index (χ1v) is 8.76. The lowest BCUT2D eigenvalue weighted by Gasteiger charge is -2.20. The first kappa shape index (κ1) is 16.3. The van der Waals surface area contributed by atoms with Crippen LogP contribution in [0.4, 0.5) is 0 Å². The van der Waals surface area contributed by atoms with Gasteiger partial charge >= 0.3 is 0 Å². The van der Waals surface area contributed by atoms with Gasteiger partial charge in [-0.15, -0.1) is 0 Å². The maximum absolute atomic E-state index is 11.3. The van der Waals surface area contributed by atoms with Crippen LogP contribution in [-0.2, 0) is 14.8 Å². The molecule has 0 saturated carbocycles. The van der Waals surface area contributed by atoms with Crippen LogP contribution in [0.2, 0.25) is 0 Å². The molecule has 5 heteroatoms. The van der Waals surface area contributed by atoms with Crippen molar-refractivity contribution in [3.05, 3.63) is 28.8 Å². The molecule has 1 aromatic rings. The fraction of sp³-hybridized carbons (Fsp3) is 0.571. The zero-order valence-corrected chi connectivity index (χ0v) is 13.6. The molecule has 0 saturated heterocycles. The SMILES string of the molecule is COc1c(C(C)C)cc(CS(=O)(=O)Cl)cc1C(C)C. The van der Waals surface area contributed by atoms with E-state index in [9.17, 15) is 8.42 Å². The molecule has 0 heterocycles. The number of hydrogen-bond acceptors (Lipinski definition) is 3. The standard InChI is InChI=1S/C14H21ClO3S/c1-9(2)12-6-11(8-19(15,16)17)7-13(10(3)4)14(12)18-5/h6-7,9-10H,8H2,1-5H3. The summed E-state index contributed by atoms with van der Waals surface area (Å²) in [6.07, 6.45) is 0. The van der Waals surface area contributed by atoms with Gasteiger partial charge in [0.1, 0.15) is 5.75 Å². The van der Waals surface area contributed by atoms with Crippen molar-refractivity contribution in [2.45, 2.75) is 45.3 Å². The Labute approximate surface area is 120 Å². The van der Waals surface area contributed by atoms with Crippen molar-refractivity contribution < 1.29 is 13.2 Å². The smallest absolute Gasteiger partial charge is 0.236 e. The lowest BCUT2D eigenvalue weighted by Crippen LogP contribution is -2.04. The van der Waals surface area contributed by atoms with Gasteiger partial charge in [-0.1, -0.05) is 39.8 Å². The molecule has 0 aliphatic rings. The molecule has 0 bridgehead atoms.